The van der Waals surface area contributed by atoms with Gasteiger partial charge in [-0.15, -0.1) is 0 Å². The summed E-state index contributed by atoms with van der Waals surface area (Å²) in [5.74, 6) is -1.51. The van der Waals surface area contributed by atoms with Gasteiger partial charge in [-0.05, 0) is 19.0 Å². The van der Waals surface area contributed by atoms with Crippen molar-refractivity contribution in [3.63, 3.8) is 0 Å². The van der Waals surface area contributed by atoms with Crippen LogP contribution in [0.2, 0.25) is 5.15 Å². The van der Waals surface area contributed by atoms with Crippen molar-refractivity contribution in [2.24, 2.45) is 0 Å². The van der Waals surface area contributed by atoms with Gasteiger partial charge in [0, 0.05) is 0 Å². The molecule has 0 N–H and O–H groups in total. The highest BCUT2D eigenvalue weighted by molar-refractivity contribution is 6.33. The summed E-state index contributed by atoms with van der Waals surface area (Å²) in [5.41, 5.74) is 0.0123. The van der Waals surface area contributed by atoms with E-state index in [2.05, 4.69) is 24.8 Å². The van der Waals surface area contributed by atoms with Gasteiger partial charge in [0.25, 0.3) is 5.88 Å². The Balaban J connectivity index is 1.42. The van der Waals surface area contributed by atoms with E-state index in [1.807, 2.05) is 0 Å². The Labute approximate surface area is 180 Å². The van der Waals surface area contributed by atoms with Crippen molar-refractivity contribution >= 4 is 28.7 Å². The van der Waals surface area contributed by atoms with Crippen LogP contribution in [-0.4, -0.2) is 68.5 Å². The minimum Gasteiger partial charge on any atom is -0.472 e. The first-order chi connectivity index (χ1) is 14.8. The van der Waals surface area contributed by atoms with Crippen LogP contribution in [0.1, 0.15) is 30.6 Å². The Bertz CT molecular complexity index is 1150. The number of rotatable bonds is 5. The van der Waals surface area contributed by atoms with Crippen LogP contribution in [0.5, 0.6) is 5.88 Å². The first kappa shape index (κ1) is 20.1. The zero-order chi connectivity index (χ0) is 21.8. The second kappa shape index (κ2) is 7.12. The fourth-order valence-electron chi connectivity index (χ4n) is 3.84. The van der Waals surface area contributed by atoms with E-state index in [0.29, 0.717) is 11.2 Å². The smallest absolute Gasteiger partial charge is 0.377 e. The SMILES string of the molecule is COC(=O)c1cc(OCC23COC(n4cnc5c(Cl)ncnc54)C2OC(C)(C)O3)no1. The van der Waals surface area contributed by atoms with E-state index in [0.717, 1.165) is 0 Å². The third-order valence-electron chi connectivity index (χ3n) is 5.06. The number of carbonyl (C=O) groups is 1. The van der Waals surface area contributed by atoms with Gasteiger partial charge in [-0.1, -0.05) is 11.6 Å². The lowest BCUT2D eigenvalue weighted by atomic mass is 10.0. The fourth-order valence-corrected chi connectivity index (χ4v) is 4.01. The number of imidazole rings is 1. The molecule has 0 aromatic carbocycles. The Morgan fingerprint density at radius 3 is 3.00 bits per heavy atom. The summed E-state index contributed by atoms with van der Waals surface area (Å²) in [6.07, 6.45) is 1.78. The highest BCUT2D eigenvalue weighted by atomic mass is 35.5. The normalized spacial score (nSPS) is 26.8. The van der Waals surface area contributed by atoms with E-state index >= 15 is 0 Å². The Morgan fingerprint density at radius 2 is 2.19 bits per heavy atom. The lowest BCUT2D eigenvalue weighted by Gasteiger charge is -2.26. The third-order valence-corrected chi connectivity index (χ3v) is 5.34. The van der Waals surface area contributed by atoms with E-state index in [4.69, 9.17) is 35.1 Å². The molecule has 164 valence electrons. The van der Waals surface area contributed by atoms with E-state index in [-0.39, 0.29) is 30.0 Å². The van der Waals surface area contributed by atoms with Gasteiger partial charge in [0.1, 0.15) is 24.6 Å². The Morgan fingerprint density at radius 1 is 1.35 bits per heavy atom. The lowest BCUT2D eigenvalue weighted by molar-refractivity contribution is -0.199. The molecule has 5 heterocycles. The molecule has 5 rings (SSSR count). The summed E-state index contributed by atoms with van der Waals surface area (Å²) in [7, 11) is 1.24. The Kier molecular flexibility index (Phi) is 4.62. The fraction of sp³-hybridized carbons (Fsp3) is 0.500. The van der Waals surface area contributed by atoms with Gasteiger partial charge in [-0.25, -0.2) is 19.7 Å². The van der Waals surface area contributed by atoms with Crippen LogP contribution in [0, 0.1) is 0 Å². The van der Waals surface area contributed by atoms with Gasteiger partial charge in [-0.3, -0.25) is 4.57 Å². The molecule has 13 heteroatoms. The number of aromatic nitrogens is 5. The van der Waals surface area contributed by atoms with Crippen LogP contribution < -0.4 is 4.74 Å². The number of nitrogens with zero attached hydrogens (tertiary/aromatic N) is 5. The second-order valence-corrected chi connectivity index (χ2v) is 7.96. The number of hydrogen-bond acceptors (Lipinski definition) is 11. The number of esters is 1. The largest absolute Gasteiger partial charge is 0.472 e. The van der Waals surface area contributed by atoms with Crippen LogP contribution in [0.4, 0.5) is 0 Å². The molecular formula is C18H18ClN5O7. The third kappa shape index (κ3) is 3.31. The molecule has 2 aliphatic rings. The minimum absolute atomic E-state index is 0.0348. The quantitative estimate of drug-likeness (QED) is 0.415. The van der Waals surface area contributed by atoms with E-state index in [1.54, 1.807) is 24.7 Å². The van der Waals surface area contributed by atoms with E-state index in [9.17, 15) is 4.79 Å². The molecule has 12 nitrogen and oxygen atoms in total. The highest BCUT2D eigenvalue weighted by Crippen LogP contribution is 2.47. The molecule has 3 unspecified atom stereocenters. The summed E-state index contributed by atoms with van der Waals surface area (Å²) in [6.45, 7) is 3.82. The van der Waals surface area contributed by atoms with Crippen molar-refractivity contribution in [3.05, 3.63) is 29.6 Å². The second-order valence-electron chi connectivity index (χ2n) is 7.60. The number of carbonyl (C=O) groups excluding carboxylic acids is 1. The van der Waals surface area contributed by atoms with Gasteiger partial charge in [0.15, 0.2) is 28.4 Å². The molecule has 3 aromatic rings. The number of methoxy groups -OCH3 is 1. The summed E-state index contributed by atoms with van der Waals surface area (Å²) < 4.78 is 35.4. The van der Waals surface area contributed by atoms with Crippen LogP contribution in [-0.2, 0) is 18.9 Å². The van der Waals surface area contributed by atoms with Crippen LogP contribution in [0.3, 0.4) is 0 Å². The van der Waals surface area contributed by atoms with Gasteiger partial charge in [0.2, 0.25) is 5.76 Å². The molecule has 0 aliphatic carbocycles. The van der Waals surface area contributed by atoms with Crippen molar-refractivity contribution in [1.29, 1.82) is 0 Å². The van der Waals surface area contributed by atoms with Crippen molar-refractivity contribution in [3.8, 4) is 5.88 Å². The molecule has 3 aromatic heterocycles. The Hall–Kier alpha value is -2.80. The topological polar surface area (TPSA) is 133 Å². The lowest BCUT2D eigenvalue weighted by Crippen LogP contribution is -2.46. The van der Waals surface area contributed by atoms with Gasteiger partial charge < -0.3 is 28.2 Å². The van der Waals surface area contributed by atoms with Crippen LogP contribution in [0.25, 0.3) is 11.2 Å². The number of halogens is 1. The zero-order valence-corrected chi connectivity index (χ0v) is 17.5. The molecule has 3 atom stereocenters. The van der Waals surface area contributed by atoms with Crippen LogP contribution >= 0.6 is 11.6 Å². The summed E-state index contributed by atoms with van der Waals surface area (Å²) >= 11 is 6.12. The average Bonchev–Trinajstić information content (AvgIpc) is 3.48. The molecular weight excluding hydrogens is 434 g/mol. The molecule has 0 saturated carbocycles. The number of fused-ring (bicyclic) bond motifs is 2. The van der Waals surface area contributed by atoms with Crippen molar-refractivity contribution in [2.75, 3.05) is 20.3 Å². The van der Waals surface area contributed by atoms with Crippen LogP contribution in [0.15, 0.2) is 23.2 Å². The minimum atomic E-state index is -0.952. The first-order valence-corrected chi connectivity index (χ1v) is 9.70. The van der Waals surface area contributed by atoms with Gasteiger partial charge in [0.05, 0.1) is 26.1 Å². The maximum Gasteiger partial charge on any atom is 0.377 e. The van der Waals surface area contributed by atoms with Crippen molar-refractivity contribution in [2.45, 2.75) is 37.6 Å². The molecule has 2 aliphatic heterocycles. The summed E-state index contributed by atoms with van der Waals surface area (Å²) in [5, 5.41) is 3.97. The predicted molar refractivity (Wildman–Crippen MR) is 101 cm³/mol. The molecule has 0 spiro atoms. The molecule has 31 heavy (non-hydrogen) atoms. The van der Waals surface area contributed by atoms with Gasteiger partial charge in [-0.2, -0.15) is 0 Å². The van der Waals surface area contributed by atoms with Crippen molar-refractivity contribution < 1.29 is 33.0 Å². The number of ether oxygens (including phenoxy) is 5. The highest BCUT2D eigenvalue weighted by Gasteiger charge is 2.62. The number of hydrogen-bond donors (Lipinski definition) is 0. The molecule has 0 bridgehead atoms. The van der Waals surface area contributed by atoms with E-state index in [1.165, 1.54) is 19.5 Å². The molecule has 2 fully saturated rings. The maximum atomic E-state index is 11.6. The molecule has 2 saturated heterocycles. The van der Waals surface area contributed by atoms with Crippen molar-refractivity contribution in [1.82, 2.24) is 24.7 Å². The summed E-state index contributed by atoms with van der Waals surface area (Å²) in [4.78, 5) is 24.1. The molecule has 0 amide bonds. The average molecular weight is 452 g/mol. The summed E-state index contributed by atoms with van der Waals surface area (Å²) in [6, 6.07) is 1.34. The maximum absolute atomic E-state index is 11.6. The predicted octanol–water partition coefficient (Wildman–Crippen LogP) is 1.75. The standard InChI is InChI=1S/C18H18ClN5O7/c1-17(2)29-12-15(24-8-22-11-13(19)20-7-21-14(11)24)28-6-18(12,31-17)5-27-10-4-9(30-23-10)16(25)26-3/h4,7-8,12,15H,5-6H2,1-3H3. The zero-order valence-electron chi connectivity index (χ0n) is 16.8. The first-order valence-electron chi connectivity index (χ1n) is 9.32. The van der Waals surface area contributed by atoms with Gasteiger partial charge >= 0.3 is 5.97 Å². The monoisotopic (exact) mass is 451 g/mol. The van der Waals surface area contributed by atoms with E-state index < -0.39 is 29.7 Å². The molecule has 0 radical (unpaired) electrons.